The average molecular weight is 280 g/mol. The number of nitrogens with one attached hydrogen (secondary N) is 2. The van der Waals surface area contributed by atoms with Gasteiger partial charge in [0.15, 0.2) is 0 Å². The molecule has 0 rings (SSSR count). The maximum absolute atomic E-state index is 11.6. The van der Waals surface area contributed by atoms with Gasteiger partial charge in [0.1, 0.15) is 0 Å². The van der Waals surface area contributed by atoms with Crippen molar-refractivity contribution in [3.63, 3.8) is 0 Å². The van der Waals surface area contributed by atoms with Crippen molar-refractivity contribution in [3.05, 3.63) is 24.3 Å². The highest BCUT2D eigenvalue weighted by Gasteiger charge is 2.28. The summed E-state index contributed by atoms with van der Waals surface area (Å²) in [7, 11) is 0. The Kier molecular flexibility index (Phi) is 7.89. The third-order valence-corrected chi connectivity index (χ3v) is 3.55. The molecule has 2 N–H and O–H groups in total. The minimum Gasteiger partial charge on any atom is -0.352 e. The molecule has 0 saturated heterocycles. The van der Waals surface area contributed by atoms with E-state index in [4.69, 9.17) is 0 Å². The second kappa shape index (κ2) is 8.56. The van der Waals surface area contributed by atoms with Crippen molar-refractivity contribution in [1.82, 2.24) is 10.6 Å². The minimum absolute atomic E-state index is 0.120. The molecule has 0 aromatic rings. The third kappa shape index (κ3) is 6.04. The molecule has 0 aliphatic rings. The molecule has 0 aliphatic heterocycles. The number of rotatable bonds is 9. The van der Waals surface area contributed by atoms with Gasteiger partial charge in [0.2, 0.25) is 11.8 Å². The van der Waals surface area contributed by atoms with Gasteiger partial charge in [-0.25, -0.2) is 0 Å². The average Bonchev–Trinajstić information content (AvgIpc) is 2.40. The first-order chi connectivity index (χ1) is 9.28. The number of hydrogen-bond donors (Lipinski definition) is 2. The maximum Gasteiger partial charge on any atom is 0.246 e. The van der Waals surface area contributed by atoms with E-state index in [2.05, 4.69) is 37.6 Å². The second-order valence-corrected chi connectivity index (χ2v) is 5.53. The number of amides is 2. The van der Waals surface area contributed by atoms with Gasteiger partial charge in [-0.15, -0.1) is 0 Å². The third-order valence-electron chi connectivity index (χ3n) is 3.55. The predicted molar refractivity (Wildman–Crippen MR) is 83.3 cm³/mol. The Morgan fingerprint density at radius 3 is 1.60 bits per heavy atom. The van der Waals surface area contributed by atoms with Gasteiger partial charge in [-0.2, -0.15) is 0 Å². The van der Waals surface area contributed by atoms with Crippen molar-refractivity contribution in [2.45, 2.75) is 47.0 Å². The van der Waals surface area contributed by atoms with Crippen molar-refractivity contribution >= 4 is 11.8 Å². The summed E-state index contributed by atoms with van der Waals surface area (Å²) in [4.78, 5) is 23.3. The first-order valence-electron chi connectivity index (χ1n) is 7.15. The summed E-state index contributed by atoms with van der Waals surface area (Å²) in [6.45, 7) is 15.9. The topological polar surface area (TPSA) is 58.2 Å². The fourth-order valence-corrected chi connectivity index (χ4v) is 2.03. The molecule has 0 heterocycles. The highest BCUT2D eigenvalue weighted by Crippen LogP contribution is 2.26. The summed E-state index contributed by atoms with van der Waals surface area (Å²) in [6.07, 6.45) is 2.82. The molecule has 4 heteroatoms. The van der Waals surface area contributed by atoms with Gasteiger partial charge in [0.05, 0.1) is 0 Å². The SMILES string of the molecule is C=C(C)C(=O)NCC(CC)(CCC)CNC(=O)C(=C)C. The minimum atomic E-state index is -0.134. The molecule has 0 radical (unpaired) electrons. The van der Waals surface area contributed by atoms with Crippen LogP contribution in [0.5, 0.6) is 0 Å². The van der Waals surface area contributed by atoms with E-state index in [1.807, 2.05) is 0 Å². The van der Waals surface area contributed by atoms with E-state index < -0.39 is 0 Å². The first-order valence-corrected chi connectivity index (χ1v) is 7.15. The Hall–Kier alpha value is -1.58. The van der Waals surface area contributed by atoms with E-state index in [0.29, 0.717) is 24.2 Å². The predicted octanol–water partition coefficient (Wildman–Crippen LogP) is 2.57. The van der Waals surface area contributed by atoms with Gasteiger partial charge in [-0.1, -0.05) is 33.4 Å². The van der Waals surface area contributed by atoms with Crippen LogP contribution in [0.1, 0.15) is 47.0 Å². The van der Waals surface area contributed by atoms with Gasteiger partial charge < -0.3 is 10.6 Å². The lowest BCUT2D eigenvalue weighted by atomic mass is 9.80. The zero-order valence-corrected chi connectivity index (χ0v) is 13.3. The lowest BCUT2D eigenvalue weighted by Gasteiger charge is -2.33. The van der Waals surface area contributed by atoms with Crippen molar-refractivity contribution < 1.29 is 9.59 Å². The molecule has 20 heavy (non-hydrogen) atoms. The summed E-state index contributed by atoms with van der Waals surface area (Å²) in [5.41, 5.74) is 0.875. The van der Waals surface area contributed by atoms with E-state index in [1.165, 1.54) is 0 Å². The Morgan fingerprint density at radius 1 is 0.950 bits per heavy atom. The van der Waals surface area contributed by atoms with Gasteiger partial charge in [-0.05, 0) is 26.7 Å². The van der Waals surface area contributed by atoms with Crippen LogP contribution in [0, 0.1) is 5.41 Å². The lowest BCUT2D eigenvalue weighted by molar-refractivity contribution is -0.118. The molecular weight excluding hydrogens is 252 g/mol. The maximum atomic E-state index is 11.6. The Bertz CT molecular complexity index is 356. The molecule has 0 aromatic carbocycles. The quantitative estimate of drug-likeness (QED) is 0.638. The number of hydrogen-bond acceptors (Lipinski definition) is 2. The van der Waals surface area contributed by atoms with Crippen LogP contribution >= 0.6 is 0 Å². The van der Waals surface area contributed by atoms with Crippen LogP contribution in [0.4, 0.5) is 0 Å². The molecule has 114 valence electrons. The molecule has 0 spiro atoms. The van der Waals surface area contributed by atoms with Crippen molar-refractivity contribution in [1.29, 1.82) is 0 Å². The van der Waals surface area contributed by atoms with Crippen molar-refractivity contribution in [2.24, 2.45) is 5.41 Å². The smallest absolute Gasteiger partial charge is 0.246 e. The van der Waals surface area contributed by atoms with E-state index in [9.17, 15) is 9.59 Å². The zero-order chi connectivity index (χ0) is 15.8. The highest BCUT2D eigenvalue weighted by molar-refractivity contribution is 5.92. The van der Waals surface area contributed by atoms with Crippen molar-refractivity contribution in [3.8, 4) is 0 Å². The Morgan fingerprint density at radius 2 is 1.35 bits per heavy atom. The van der Waals surface area contributed by atoms with Crippen LogP contribution in [0.2, 0.25) is 0 Å². The normalized spacial score (nSPS) is 10.8. The van der Waals surface area contributed by atoms with Gasteiger partial charge in [0, 0.05) is 29.7 Å². The Labute approximate surface area is 122 Å². The van der Waals surface area contributed by atoms with Crippen LogP contribution in [0.3, 0.4) is 0 Å². The second-order valence-electron chi connectivity index (χ2n) is 5.53. The first kappa shape index (κ1) is 18.4. The summed E-state index contributed by atoms with van der Waals surface area (Å²) in [6, 6.07) is 0. The van der Waals surface area contributed by atoms with E-state index in [-0.39, 0.29) is 17.2 Å². The standard InChI is InChI=1S/C16H28N2O2/c1-7-9-16(8-2,10-17-14(19)12(3)4)11-18-15(20)13(5)6/h3,5,7-11H2,1-2,4,6H3,(H,17,19)(H,18,20). The van der Waals surface area contributed by atoms with Crippen LogP contribution in [0.15, 0.2) is 24.3 Å². The van der Waals surface area contributed by atoms with Gasteiger partial charge in [-0.3, -0.25) is 9.59 Å². The summed E-state index contributed by atoms with van der Waals surface area (Å²) < 4.78 is 0. The van der Waals surface area contributed by atoms with Crippen LogP contribution in [-0.2, 0) is 9.59 Å². The van der Waals surface area contributed by atoms with E-state index in [0.717, 1.165) is 19.3 Å². The van der Waals surface area contributed by atoms with Crippen LogP contribution < -0.4 is 10.6 Å². The number of carbonyl (C=O) groups is 2. The van der Waals surface area contributed by atoms with Crippen molar-refractivity contribution in [2.75, 3.05) is 13.1 Å². The lowest BCUT2D eigenvalue weighted by Crippen LogP contribution is -2.45. The van der Waals surface area contributed by atoms with Crippen LogP contribution in [0.25, 0.3) is 0 Å². The zero-order valence-electron chi connectivity index (χ0n) is 13.3. The fraction of sp³-hybridized carbons (Fsp3) is 0.625. The molecule has 0 aromatic heterocycles. The van der Waals surface area contributed by atoms with Crippen LogP contribution in [-0.4, -0.2) is 24.9 Å². The van der Waals surface area contributed by atoms with Gasteiger partial charge >= 0.3 is 0 Å². The van der Waals surface area contributed by atoms with Gasteiger partial charge in [0.25, 0.3) is 0 Å². The van der Waals surface area contributed by atoms with E-state index in [1.54, 1.807) is 13.8 Å². The summed E-state index contributed by atoms with van der Waals surface area (Å²) >= 11 is 0. The highest BCUT2D eigenvalue weighted by atomic mass is 16.2. The summed E-state index contributed by atoms with van der Waals surface area (Å²) in [5, 5.41) is 5.80. The molecule has 0 unspecified atom stereocenters. The monoisotopic (exact) mass is 280 g/mol. The molecular formula is C16H28N2O2. The molecule has 0 atom stereocenters. The fourth-order valence-electron chi connectivity index (χ4n) is 2.03. The Balaban J connectivity index is 4.72. The molecule has 0 fully saturated rings. The largest absolute Gasteiger partial charge is 0.352 e. The molecule has 0 bridgehead atoms. The molecule has 4 nitrogen and oxygen atoms in total. The van der Waals surface area contributed by atoms with E-state index >= 15 is 0 Å². The number of carbonyl (C=O) groups excluding carboxylic acids is 2. The molecule has 2 amide bonds. The molecule has 0 aliphatic carbocycles. The molecule has 0 saturated carbocycles. The summed E-state index contributed by atoms with van der Waals surface area (Å²) in [5.74, 6) is -0.268.